The van der Waals surface area contributed by atoms with Gasteiger partial charge in [-0.25, -0.2) is 0 Å². The standard InChI is InChI=1S/C17H21F3N4OS/c1-11(2)9-13(12-7-5-4-6-8-12)21-14(25)10-26-16-23-22-15(24(16)3)17(18,19)20/h4-8,11,13H,9-10H2,1-3H3,(H,21,25)/t13-/m1/s1. The molecule has 0 aliphatic heterocycles. The molecule has 0 aliphatic rings. The minimum absolute atomic E-state index is 0.0364. The van der Waals surface area contributed by atoms with E-state index in [2.05, 4.69) is 29.4 Å². The maximum absolute atomic E-state index is 12.7. The highest BCUT2D eigenvalue weighted by Gasteiger charge is 2.37. The lowest BCUT2D eigenvalue weighted by atomic mass is 9.97. The summed E-state index contributed by atoms with van der Waals surface area (Å²) in [7, 11) is 1.23. The Bertz CT molecular complexity index is 731. The lowest BCUT2D eigenvalue weighted by Crippen LogP contribution is -2.31. The van der Waals surface area contributed by atoms with Crippen LogP contribution in [-0.4, -0.2) is 26.4 Å². The van der Waals surface area contributed by atoms with Crippen LogP contribution >= 0.6 is 11.8 Å². The monoisotopic (exact) mass is 386 g/mol. The molecule has 1 N–H and O–H groups in total. The summed E-state index contributed by atoms with van der Waals surface area (Å²) < 4.78 is 39.0. The molecule has 1 aromatic carbocycles. The van der Waals surface area contributed by atoms with Gasteiger partial charge in [-0.1, -0.05) is 55.9 Å². The third kappa shape index (κ3) is 5.48. The number of rotatable bonds is 7. The number of amides is 1. The van der Waals surface area contributed by atoms with Crippen LogP contribution in [0.15, 0.2) is 35.5 Å². The minimum Gasteiger partial charge on any atom is -0.349 e. The van der Waals surface area contributed by atoms with Gasteiger partial charge in [0.25, 0.3) is 0 Å². The fourth-order valence-corrected chi connectivity index (χ4v) is 3.21. The summed E-state index contributed by atoms with van der Waals surface area (Å²) in [5, 5.41) is 9.66. The summed E-state index contributed by atoms with van der Waals surface area (Å²) in [5.74, 6) is -1.00. The van der Waals surface area contributed by atoms with Crippen molar-refractivity contribution in [3.63, 3.8) is 0 Å². The Morgan fingerprint density at radius 1 is 1.23 bits per heavy atom. The zero-order chi connectivity index (χ0) is 19.3. The molecule has 1 aromatic heterocycles. The van der Waals surface area contributed by atoms with E-state index >= 15 is 0 Å². The van der Waals surface area contributed by atoms with Gasteiger partial charge in [-0.3, -0.25) is 4.79 Å². The fourth-order valence-electron chi connectivity index (χ4n) is 2.49. The first-order chi connectivity index (χ1) is 12.2. The van der Waals surface area contributed by atoms with Crippen LogP contribution in [0.1, 0.15) is 37.7 Å². The van der Waals surface area contributed by atoms with Gasteiger partial charge in [0.15, 0.2) is 5.16 Å². The molecule has 142 valence electrons. The predicted molar refractivity (Wildman–Crippen MR) is 93.5 cm³/mol. The number of nitrogens with zero attached hydrogens (tertiary/aromatic N) is 3. The van der Waals surface area contributed by atoms with Crippen LogP contribution in [0.25, 0.3) is 0 Å². The highest BCUT2D eigenvalue weighted by Crippen LogP contribution is 2.29. The molecule has 9 heteroatoms. The van der Waals surface area contributed by atoms with Gasteiger partial charge in [-0.05, 0) is 17.9 Å². The van der Waals surface area contributed by atoms with Crippen molar-refractivity contribution in [2.45, 2.75) is 37.6 Å². The molecule has 0 bridgehead atoms. The smallest absolute Gasteiger partial charge is 0.349 e. The number of halogens is 3. The molecule has 0 fully saturated rings. The summed E-state index contributed by atoms with van der Waals surface area (Å²) in [6.45, 7) is 4.13. The number of carbonyl (C=O) groups is 1. The van der Waals surface area contributed by atoms with E-state index in [9.17, 15) is 18.0 Å². The molecule has 0 saturated carbocycles. The van der Waals surface area contributed by atoms with Crippen LogP contribution in [0.2, 0.25) is 0 Å². The molecule has 5 nitrogen and oxygen atoms in total. The van der Waals surface area contributed by atoms with E-state index in [0.717, 1.165) is 28.3 Å². The van der Waals surface area contributed by atoms with E-state index in [1.807, 2.05) is 30.3 Å². The van der Waals surface area contributed by atoms with Crippen molar-refractivity contribution in [3.05, 3.63) is 41.7 Å². The number of carbonyl (C=O) groups excluding carboxylic acids is 1. The van der Waals surface area contributed by atoms with E-state index in [-0.39, 0.29) is 22.9 Å². The van der Waals surface area contributed by atoms with Crippen LogP contribution in [0.3, 0.4) is 0 Å². The molecule has 0 aliphatic carbocycles. The van der Waals surface area contributed by atoms with Gasteiger partial charge in [0.1, 0.15) is 0 Å². The quantitative estimate of drug-likeness (QED) is 0.735. The summed E-state index contributed by atoms with van der Waals surface area (Å²) in [6, 6.07) is 9.45. The molecule has 2 rings (SSSR count). The van der Waals surface area contributed by atoms with Crippen molar-refractivity contribution in [1.82, 2.24) is 20.1 Å². The van der Waals surface area contributed by atoms with Gasteiger partial charge in [0.2, 0.25) is 11.7 Å². The van der Waals surface area contributed by atoms with Crippen molar-refractivity contribution >= 4 is 17.7 Å². The summed E-state index contributed by atoms with van der Waals surface area (Å²) in [4.78, 5) is 12.3. The predicted octanol–water partition coefficient (Wildman–Crippen LogP) is 3.83. The molecule has 0 unspecified atom stereocenters. The zero-order valence-corrected chi connectivity index (χ0v) is 15.6. The maximum atomic E-state index is 12.7. The van der Waals surface area contributed by atoms with Crippen molar-refractivity contribution in [1.29, 1.82) is 0 Å². The molecule has 0 saturated heterocycles. The highest BCUT2D eigenvalue weighted by atomic mass is 32.2. The van der Waals surface area contributed by atoms with Gasteiger partial charge in [0, 0.05) is 7.05 Å². The molecule has 2 aromatic rings. The van der Waals surface area contributed by atoms with Gasteiger partial charge < -0.3 is 9.88 Å². The number of thioether (sulfide) groups is 1. The van der Waals surface area contributed by atoms with Gasteiger partial charge in [0.05, 0.1) is 11.8 Å². The largest absolute Gasteiger partial charge is 0.451 e. The van der Waals surface area contributed by atoms with Crippen molar-refractivity contribution in [3.8, 4) is 0 Å². The molecular weight excluding hydrogens is 365 g/mol. The molecule has 1 heterocycles. The molecule has 26 heavy (non-hydrogen) atoms. The average molecular weight is 386 g/mol. The minimum atomic E-state index is -4.57. The van der Waals surface area contributed by atoms with Gasteiger partial charge in [-0.15, -0.1) is 10.2 Å². The number of benzene rings is 1. The van der Waals surface area contributed by atoms with Crippen LogP contribution in [0.4, 0.5) is 13.2 Å². The van der Waals surface area contributed by atoms with Crippen LogP contribution in [-0.2, 0) is 18.0 Å². The molecule has 1 atom stereocenters. The number of hydrogen-bond donors (Lipinski definition) is 1. The molecule has 0 radical (unpaired) electrons. The topological polar surface area (TPSA) is 59.8 Å². The van der Waals surface area contributed by atoms with E-state index in [1.165, 1.54) is 7.05 Å². The van der Waals surface area contributed by atoms with E-state index in [1.54, 1.807) is 0 Å². The Morgan fingerprint density at radius 3 is 2.42 bits per heavy atom. The van der Waals surface area contributed by atoms with Crippen molar-refractivity contribution in [2.24, 2.45) is 13.0 Å². The second-order valence-electron chi connectivity index (χ2n) is 6.31. The number of aromatic nitrogens is 3. The Kier molecular flexibility index (Phi) is 6.69. The Balaban J connectivity index is 2.00. The van der Waals surface area contributed by atoms with Crippen LogP contribution in [0, 0.1) is 5.92 Å². The third-order valence-corrected chi connectivity index (χ3v) is 4.69. The van der Waals surface area contributed by atoms with E-state index in [0.29, 0.717) is 5.92 Å². The third-order valence-electron chi connectivity index (χ3n) is 3.67. The maximum Gasteiger partial charge on any atom is 0.451 e. The number of hydrogen-bond acceptors (Lipinski definition) is 4. The number of alkyl halides is 3. The lowest BCUT2D eigenvalue weighted by molar-refractivity contribution is -0.147. The first kappa shape index (κ1) is 20.3. The first-order valence-electron chi connectivity index (χ1n) is 8.12. The second-order valence-corrected chi connectivity index (χ2v) is 7.25. The first-order valence-corrected chi connectivity index (χ1v) is 9.10. The summed E-state index contributed by atoms with van der Waals surface area (Å²) in [5.41, 5.74) is 0.998. The molecule has 0 spiro atoms. The Labute approximate surface area is 154 Å². The molecule has 1 amide bonds. The van der Waals surface area contributed by atoms with Crippen molar-refractivity contribution < 1.29 is 18.0 Å². The summed E-state index contributed by atoms with van der Waals surface area (Å²) >= 11 is 0.925. The summed E-state index contributed by atoms with van der Waals surface area (Å²) in [6.07, 6.45) is -3.80. The van der Waals surface area contributed by atoms with Gasteiger partial charge >= 0.3 is 6.18 Å². The normalized spacial score (nSPS) is 13.0. The fraction of sp³-hybridized carbons (Fsp3) is 0.471. The van der Waals surface area contributed by atoms with Gasteiger partial charge in [-0.2, -0.15) is 13.2 Å². The second kappa shape index (κ2) is 8.57. The lowest BCUT2D eigenvalue weighted by Gasteiger charge is -2.21. The van der Waals surface area contributed by atoms with E-state index in [4.69, 9.17) is 0 Å². The molecular formula is C17H21F3N4OS. The highest BCUT2D eigenvalue weighted by molar-refractivity contribution is 7.99. The van der Waals surface area contributed by atoms with E-state index < -0.39 is 12.0 Å². The average Bonchev–Trinajstić information content (AvgIpc) is 2.94. The zero-order valence-electron chi connectivity index (χ0n) is 14.7. The van der Waals surface area contributed by atoms with Crippen LogP contribution < -0.4 is 5.32 Å². The Morgan fingerprint density at radius 2 is 1.88 bits per heavy atom. The SMILES string of the molecule is CC(C)C[C@@H](NC(=O)CSc1nnc(C(F)(F)F)n1C)c1ccccc1. The van der Waals surface area contributed by atoms with Crippen molar-refractivity contribution in [2.75, 3.05) is 5.75 Å². The Hall–Kier alpha value is -2.03. The van der Waals surface area contributed by atoms with Crippen LogP contribution in [0.5, 0.6) is 0 Å². The number of nitrogens with one attached hydrogen (secondary N) is 1.